The van der Waals surface area contributed by atoms with Crippen LogP contribution in [0.25, 0.3) is 0 Å². The summed E-state index contributed by atoms with van der Waals surface area (Å²) in [6, 6.07) is 14.5. The van der Waals surface area contributed by atoms with E-state index in [-0.39, 0.29) is 29.1 Å². The maximum atomic E-state index is 11.0. The summed E-state index contributed by atoms with van der Waals surface area (Å²) in [5.41, 5.74) is 1.96. The largest absolute Gasteiger partial charge is 0.492 e. The normalized spacial score (nSPS) is 16.9. The van der Waals surface area contributed by atoms with Gasteiger partial charge in [-0.2, -0.15) is 0 Å². The minimum Gasteiger partial charge on any atom is -0.492 e. The molecule has 0 saturated carbocycles. The van der Waals surface area contributed by atoms with Crippen molar-refractivity contribution in [2.24, 2.45) is 0 Å². The van der Waals surface area contributed by atoms with Gasteiger partial charge in [0.2, 0.25) is 0 Å². The van der Waals surface area contributed by atoms with Crippen molar-refractivity contribution in [1.82, 2.24) is 5.32 Å². The zero-order valence-electron chi connectivity index (χ0n) is 11.2. The van der Waals surface area contributed by atoms with Gasteiger partial charge in [-0.1, -0.05) is 30.3 Å². The molecule has 1 aliphatic heterocycles. The fourth-order valence-corrected chi connectivity index (χ4v) is 2.42. The number of nitro groups is 1. The summed E-state index contributed by atoms with van der Waals surface area (Å²) < 4.78 is 5.65. The first kappa shape index (κ1) is 15.3. The van der Waals surface area contributed by atoms with Gasteiger partial charge in [-0.25, -0.2) is 0 Å². The second-order valence-electron chi connectivity index (χ2n) is 4.63. The standard InChI is InChI=1S/C15H14N2O3.ClH/c18-17(19)12-6-7-14-13(10-12)15(16-8-9-20-14)11-4-2-1-3-5-11;/h1-7,10,15-16H,8-9H2;1H. The summed E-state index contributed by atoms with van der Waals surface area (Å²) in [6.45, 7) is 1.25. The third-order valence-electron chi connectivity index (χ3n) is 3.36. The number of hydrogen-bond acceptors (Lipinski definition) is 4. The van der Waals surface area contributed by atoms with E-state index in [9.17, 15) is 10.1 Å². The van der Waals surface area contributed by atoms with Crippen molar-refractivity contribution >= 4 is 18.1 Å². The number of nitro benzene ring substituents is 1. The lowest BCUT2D eigenvalue weighted by Crippen LogP contribution is -2.23. The van der Waals surface area contributed by atoms with E-state index in [0.717, 1.165) is 11.1 Å². The monoisotopic (exact) mass is 306 g/mol. The summed E-state index contributed by atoms with van der Waals surface area (Å²) in [5.74, 6) is 0.703. The molecule has 0 saturated heterocycles. The second kappa shape index (κ2) is 6.56. The van der Waals surface area contributed by atoms with Crippen LogP contribution in [0.15, 0.2) is 48.5 Å². The molecule has 2 aromatic rings. The van der Waals surface area contributed by atoms with Crippen molar-refractivity contribution in [2.45, 2.75) is 6.04 Å². The highest BCUT2D eigenvalue weighted by Gasteiger charge is 2.23. The highest BCUT2D eigenvalue weighted by molar-refractivity contribution is 5.85. The molecule has 0 aliphatic carbocycles. The SMILES string of the molecule is Cl.O=[N+]([O-])c1ccc2c(c1)C(c1ccccc1)NCCO2. The molecule has 0 radical (unpaired) electrons. The van der Waals surface area contributed by atoms with Crippen LogP contribution in [0, 0.1) is 10.1 Å². The number of ether oxygens (including phenoxy) is 1. The number of non-ortho nitro benzene ring substituents is 1. The van der Waals surface area contributed by atoms with Gasteiger partial charge in [-0.3, -0.25) is 10.1 Å². The molecule has 1 aliphatic rings. The molecule has 5 nitrogen and oxygen atoms in total. The lowest BCUT2D eigenvalue weighted by atomic mass is 9.97. The van der Waals surface area contributed by atoms with Crippen molar-refractivity contribution in [3.8, 4) is 5.75 Å². The van der Waals surface area contributed by atoms with Crippen LogP contribution in [0.5, 0.6) is 5.75 Å². The molecule has 0 amide bonds. The highest BCUT2D eigenvalue weighted by atomic mass is 35.5. The highest BCUT2D eigenvalue weighted by Crippen LogP contribution is 2.34. The van der Waals surface area contributed by atoms with E-state index in [2.05, 4.69) is 5.32 Å². The van der Waals surface area contributed by atoms with E-state index in [1.54, 1.807) is 12.1 Å². The average molecular weight is 307 g/mol. The third kappa shape index (κ3) is 3.15. The molecule has 0 fully saturated rings. The van der Waals surface area contributed by atoms with E-state index >= 15 is 0 Å². The fraction of sp³-hybridized carbons (Fsp3) is 0.200. The van der Waals surface area contributed by atoms with Crippen LogP contribution in [0.4, 0.5) is 5.69 Å². The van der Waals surface area contributed by atoms with Crippen LogP contribution in [-0.2, 0) is 0 Å². The van der Waals surface area contributed by atoms with E-state index in [1.165, 1.54) is 6.07 Å². The van der Waals surface area contributed by atoms with Gasteiger partial charge in [0.05, 0.1) is 11.0 Å². The second-order valence-corrected chi connectivity index (χ2v) is 4.63. The van der Waals surface area contributed by atoms with Crippen LogP contribution in [0.3, 0.4) is 0 Å². The summed E-state index contributed by atoms with van der Waals surface area (Å²) in [7, 11) is 0. The van der Waals surface area contributed by atoms with E-state index < -0.39 is 0 Å². The molecule has 110 valence electrons. The number of benzene rings is 2. The Hall–Kier alpha value is -2.11. The van der Waals surface area contributed by atoms with Gasteiger partial charge < -0.3 is 10.1 Å². The maximum absolute atomic E-state index is 11.0. The zero-order valence-corrected chi connectivity index (χ0v) is 12.0. The summed E-state index contributed by atoms with van der Waals surface area (Å²) in [5, 5.41) is 14.3. The van der Waals surface area contributed by atoms with E-state index in [1.807, 2.05) is 30.3 Å². The molecular formula is C15H15ClN2O3. The molecule has 21 heavy (non-hydrogen) atoms. The minimum absolute atomic E-state index is 0. The first-order valence-corrected chi connectivity index (χ1v) is 6.45. The van der Waals surface area contributed by atoms with Crippen LogP contribution < -0.4 is 10.1 Å². The maximum Gasteiger partial charge on any atom is 0.270 e. The van der Waals surface area contributed by atoms with E-state index in [0.29, 0.717) is 18.9 Å². The van der Waals surface area contributed by atoms with Crippen LogP contribution in [0.2, 0.25) is 0 Å². The van der Waals surface area contributed by atoms with Gasteiger partial charge in [0.1, 0.15) is 12.4 Å². The van der Waals surface area contributed by atoms with Crippen molar-refractivity contribution in [3.05, 3.63) is 69.8 Å². The first-order valence-electron chi connectivity index (χ1n) is 6.45. The fourth-order valence-electron chi connectivity index (χ4n) is 2.42. The molecule has 1 heterocycles. The quantitative estimate of drug-likeness (QED) is 0.684. The Morgan fingerprint density at radius 2 is 1.95 bits per heavy atom. The van der Waals surface area contributed by atoms with Gasteiger partial charge in [0.15, 0.2) is 0 Å². The number of nitrogens with zero attached hydrogens (tertiary/aromatic N) is 1. The lowest BCUT2D eigenvalue weighted by molar-refractivity contribution is -0.384. The van der Waals surface area contributed by atoms with Crippen molar-refractivity contribution < 1.29 is 9.66 Å². The smallest absolute Gasteiger partial charge is 0.270 e. The van der Waals surface area contributed by atoms with Gasteiger partial charge in [0.25, 0.3) is 5.69 Å². The molecule has 0 bridgehead atoms. The van der Waals surface area contributed by atoms with Gasteiger partial charge in [0, 0.05) is 24.2 Å². The van der Waals surface area contributed by atoms with E-state index in [4.69, 9.17) is 4.74 Å². The summed E-state index contributed by atoms with van der Waals surface area (Å²) in [6.07, 6.45) is 0. The zero-order chi connectivity index (χ0) is 13.9. The molecular weight excluding hydrogens is 292 g/mol. The topological polar surface area (TPSA) is 64.4 Å². The molecule has 1 atom stereocenters. The average Bonchev–Trinajstić information content (AvgIpc) is 2.69. The number of fused-ring (bicyclic) bond motifs is 1. The third-order valence-corrected chi connectivity index (χ3v) is 3.36. The molecule has 1 unspecified atom stereocenters. The van der Waals surface area contributed by atoms with Crippen LogP contribution in [-0.4, -0.2) is 18.1 Å². The Bertz CT molecular complexity index is 634. The number of rotatable bonds is 2. The lowest BCUT2D eigenvalue weighted by Gasteiger charge is -2.17. The van der Waals surface area contributed by atoms with Crippen molar-refractivity contribution in [1.29, 1.82) is 0 Å². The molecule has 0 spiro atoms. The van der Waals surface area contributed by atoms with Crippen LogP contribution >= 0.6 is 12.4 Å². The van der Waals surface area contributed by atoms with Crippen LogP contribution in [0.1, 0.15) is 17.2 Å². The van der Waals surface area contributed by atoms with Gasteiger partial charge in [-0.05, 0) is 11.6 Å². The Balaban J connectivity index is 0.00000161. The summed E-state index contributed by atoms with van der Waals surface area (Å²) in [4.78, 5) is 10.6. The first-order chi connectivity index (χ1) is 9.75. The Morgan fingerprint density at radius 3 is 2.67 bits per heavy atom. The van der Waals surface area contributed by atoms with Gasteiger partial charge >= 0.3 is 0 Å². The molecule has 0 aromatic heterocycles. The van der Waals surface area contributed by atoms with Crippen molar-refractivity contribution in [2.75, 3.05) is 13.2 Å². The Labute approximate surface area is 128 Å². The molecule has 6 heteroatoms. The summed E-state index contributed by atoms with van der Waals surface area (Å²) >= 11 is 0. The number of nitrogens with one attached hydrogen (secondary N) is 1. The minimum atomic E-state index is -0.382. The molecule has 3 rings (SSSR count). The number of hydrogen-bond donors (Lipinski definition) is 1. The Morgan fingerprint density at radius 1 is 1.19 bits per heavy atom. The predicted molar refractivity (Wildman–Crippen MR) is 82.1 cm³/mol. The molecule has 2 aromatic carbocycles. The number of halogens is 1. The predicted octanol–water partition coefficient (Wildman–Crippen LogP) is 3.09. The Kier molecular flexibility index (Phi) is 4.77. The van der Waals surface area contributed by atoms with Crippen molar-refractivity contribution in [3.63, 3.8) is 0 Å². The van der Waals surface area contributed by atoms with Gasteiger partial charge in [-0.15, -0.1) is 12.4 Å². The molecule has 1 N–H and O–H groups in total.